The van der Waals surface area contributed by atoms with Gasteiger partial charge in [-0.2, -0.15) is 0 Å². The molecule has 0 aliphatic rings. The summed E-state index contributed by atoms with van der Waals surface area (Å²) in [6.07, 6.45) is 2.34. The topological polar surface area (TPSA) is 29.3 Å². The SMILES string of the molecule is CC(C)CCN(CCC(C)C)c1cccc(Cl)c1N. The van der Waals surface area contributed by atoms with Crippen LogP contribution in [0.4, 0.5) is 11.4 Å². The van der Waals surface area contributed by atoms with E-state index in [1.54, 1.807) is 0 Å². The van der Waals surface area contributed by atoms with E-state index in [9.17, 15) is 0 Å². The van der Waals surface area contributed by atoms with Crippen LogP contribution in [0, 0.1) is 11.8 Å². The number of nitrogens with two attached hydrogens (primary N) is 1. The third-order valence-corrected chi connectivity index (χ3v) is 3.65. The maximum absolute atomic E-state index is 6.13. The Bertz CT molecular complexity index is 376. The Morgan fingerprint density at radius 3 is 2.05 bits per heavy atom. The van der Waals surface area contributed by atoms with Crippen LogP contribution < -0.4 is 10.6 Å². The average molecular weight is 283 g/mol. The number of benzene rings is 1. The van der Waals surface area contributed by atoms with Crippen molar-refractivity contribution in [3.05, 3.63) is 23.2 Å². The van der Waals surface area contributed by atoms with Gasteiger partial charge >= 0.3 is 0 Å². The summed E-state index contributed by atoms with van der Waals surface area (Å²) in [6, 6.07) is 5.90. The lowest BCUT2D eigenvalue weighted by molar-refractivity contribution is 0.535. The van der Waals surface area contributed by atoms with Crippen LogP contribution in [-0.2, 0) is 0 Å². The number of halogens is 1. The second-order valence-electron chi connectivity index (χ2n) is 6.02. The summed E-state index contributed by atoms with van der Waals surface area (Å²) >= 11 is 6.13. The van der Waals surface area contributed by atoms with Gasteiger partial charge in [0.05, 0.1) is 16.4 Å². The maximum Gasteiger partial charge on any atom is 0.0741 e. The highest BCUT2D eigenvalue weighted by Gasteiger charge is 2.12. The van der Waals surface area contributed by atoms with Gasteiger partial charge in [-0.25, -0.2) is 0 Å². The first kappa shape index (κ1) is 16.2. The molecule has 0 unspecified atom stereocenters. The van der Waals surface area contributed by atoms with Gasteiger partial charge in [-0.15, -0.1) is 0 Å². The molecule has 0 saturated heterocycles. The van der Waals surface area contributed by atoms with Crippen LogP contribution in [0.1, 0.15) is 40.5 Å². The largest absolute Gasteiger partial charge is 0.396 e. The average Bonchev–Trinajstić information content (AvgIpc) is 2.33. The van der Waals surface area contributed by atoms with Gasteiger partial charge in [0.1, 0.15) is 0 Å². The minimum Gasteiger partial charge on any atom is -0.396 e. The second-order valence-corrected chi connectivity index (χ2v) is 6.43. The Balaban J connectivity index is 2.84. The lowest BCUT2D eigenvalue weighted by Crippen LogP contribution is -2.28. The van der Waals surface area contributed by atoms with Crippen LogP contribution in [0.3, 0.4) is 0 Å². The lowest BCUT2D eigenvalue weighted by atomic mass is 10.1. The van der Waals surface area contributed by atoms with Crippen molar-refractivity contribution in [3.63, 3.8) is 0 Å². The number of rotatable bonds is 7. The van der Waals surface area contributed by atoms with Crippen molar-refractivity contribution in [2.75, 3.05) is 23.7 Å². The van der Waals surface area contributed by atoms with Gasteiger partial charge in [-0.1, -0.05) is 45.4 Å². The molecule has 1 aromatic rings. The molecule has 1 rings (SSSR count). The first-order valence-electron chi connectivity index (χ1n) is 7.20. The number of para-hydroxylation sites is 1. The summed E-state index contributed by atoms with van der Waals surface area (Å²) in [6.45, 7) is 11.1. The van der Waals surface area contributed by atoms with E-state index in [-0.39, 0.29) is 0 Å². The molecule has 19 heavy (non-hydrogen) atoms. The van der Waals surface area contributed by atoms with Crippen LogP contribution in [0.2, 0.25) is 5.02 Å². The van der Waals surface area contributed by atoms with Gasteiger partial charge in [0.15, 0.2) is 0 Å². The number of nitrogens with zero attached hydrogens (tertiary/aromatic N) is 1. The van der Waals surface area contributed by atoms with Crippen molar-refractivity contribution in [1.29, 1.82) is 0 Å². The molecular weight excluding hydrogens is 256 g/mol. The Hall–Kier alpha value is -0.890. The van der Waals surface area contributed by atoms with E-state index in [0.29, 0.717) is 22.5 Å². The van der Waals surface area contributed by atoms with Crippen molar-refractivity contribution in [2.45, 2.75) is 40.5 Å². The monoisotopic (exact) mass is 282 g/mol. The Labute approximate surface area is 122 Å². The van der Waals surface area contributed by atoms with Gasteiger partial charge in [0, 0.05) is 13.1 Å². The molecule has 0 bridgehead atoms. The summed E-state index contributed by atoms with van der Waals surface area (Å²) in [5, 5.41) is 0.650. The molecule has 0 aliphatic carbocycles. The molecule has 0 fully saturated rings. The van der Waals surface area contributed by atoms with E-state index >= 15 is 0 Å². The molecule has 3 heteroatoms. The van der Waals surface area contributed by atoms with Crippen molar-refractivity contribution in [1.82, 2.24) is 0 Å². The molecule has 0 aromatic heterocycles. The first-order valence-corrected chi connectivity index (χ1v) is 7.58. The summed E-state index contributed by atoms with van der Waals surface area (Å²) in [5.74, 6) is 1.39. The minimum absolute atomic E-state index is 0.650. The van der Waals surface area contributed by atoms with Crippen molar-refractivity contribution in [2.24, 2.45) is 11.8 Å². The lowest BCUT2D eigenvalue weighted by Gasteiger charge is -2.28. The van der Waals surface area contributed by atoms with Crippen molar-refractivity contribution < 1.29 is 0 Å². The number of anilines is 2. The quantitative estimate of drug-likeness (QED) is 0.727. The molecule has 0 radical (unpaired) electrons. The number of hydrogen-bond donors (Lipinski definition) is 1. The van der Waals surface area contributed by atoms with Gasteiger partial charge in [-0.3, -0.25) is 0 Å². The van der Waals surface area contributed by atoms with Crippen LogP contribution in [-0.4, -0.2) is 13.1 Å². The van der Waals surface area contributed by atoms with E-state index in [4.69, 9.17) is 17.3 Å². The van der Waals surface area contributed by atoms with E-state index in [1.165, 1.54) is 12.8 Å². The molecule has 2 nitrogen and oxygen atoms in total. The van der Waals surface area contributed by atoms with Crippen LogP contribution >= 0.6 is 11.6 Å². The van der Waals surface area contributed by atoms with E-state index < -0.39 is 0 Å². The van der Waals surface area contributed by atoms with E-state index in [0.717, 1.165) is 18.8 Å². The predicted molar refractivity (Wildman–Crippen MR) is 87.0 cm³/mol. The van der Waals surface area contributed by atoms with E-state index in [2.05, 4.69) is 38.7 Å². The molecule has 1 aromatic carbocycles. The predicted octanol–water partition coefficient (Wildman–Crippen LogP) is 4.82. The van der Waals surface area contributed by atoms with Crippen LogP contribution in [0.25, 0.3) is 0 Å². The molecule has 0 heterocycles. The molecule has 0 spiro atoms. The Morgan fingerprint density at radius 1 is 1.05 bits per heavy atom. The normalized spacial score (nSPS) is 11.3. The molecule has 2 N–H and O–H groups in total. The fourth-order valence-electron chi connectivity index (χ4n) is 1.98. The maximum atomic E-state index is 6.13. The molecule has 0 saturated carbocycles. The zero-order valence-electron chi connectivity index (χ0n) is 12.6. The smallest absolute Gasteiger partial charge is 0.0741 e. The molecule has 0 aliphatic heterocycles. The third-order valence-electron chi connectivity index (χ3n) is 3.32. The van der Waals surface area contributed by atoms with E-state index in [1.807, 2.05) is 12.1 Å². The van der Waals surface area contributed by atoms with Gasteiger partial charge in [-0.05, 0) is 36.8 Å². The second kappa shape index (κ2) is 7.64. The number of hydrogen-bond acceptors (Lipinski definition) is 2. The summed E-state index contributed by atoms with van der Waals surface area (Å²) < 4.78 is 0. The zero-order valence-corrected chi connectivity index (χ0v) is 13.4. The Kier molecular flexibility index (Phi) is 6.50. The summed E-state index contributed by atoms with van der Waals surface area (Å²) in [7, 11) is 0. The van der Waals surface area contributed by atoms with Gasteiger partial charge in [0.2, 0.25) is 0 Å². The van der Waals surface area contributed by atoms with Crippen LogP contribution in [0.15, 0.2) is 18.2 Å². The summed E-state index contributed by atoms with van der Waals surface area (Å²) in [4.78, 5) is 2.38. The standard InChI is InChI=1S/C16H27ClN2/c1-12(2)8-10-19(11-9-13(3)4)15-7-5-6-14(17)16(15)18/h5-7,12-13H,8-11,18H2,1-4H3. The van der Waals surface area contributed by atoms with Crippen molar-refractivity contribution in [3.8, 4) is 0 Å². The summed E-state index contributed by atoms with van der Waals surface area (Å²) in [5.41, 5.74) is 7.91. The Morgan fingerprint density at radius 2 is 1.58 bits per heavy atom. The minimum atomic E-state index is 0.650. The number of nitrogen functional groups attached to an aromatic ring is 1. The molecular formula is C16H27ClN2. The van der Waals surface area contributed by atoms with Gasteiger partial charge in [0.25, 0.3) is 0 Å². The van der Waals surface area contributed by atoms with Crippen LogP contribution in [0.5, 0.6) is 0 Å². The third kappa shape index (κ3) is 5.32. The highest BCUT2D eigenvalue weighted by molar-refractivity contribution is 6.33. The highest BCUT2D eigenvalue weighted by atomic mass is 35.5. The van der Waals surface area contributed by atoms with Gasteiger partial charge < -0.3 is 10.6 Å². The molecule has 0 atom stereocenters. The fourth-order valence-corrected chi connectivity index (χ4v) is 2.15. The highest BCUT2D eigenvalue weighted by Crippen LogP contribution is 2.30. The zero-order chi connectivity index (χ0) is 14.4. The molecule has 0 amide bonds. The fraction of sp³-hybridized carbons (Fsp3) is 0.625. The first-order chi connectivity index (χ1) is 8.91. The van der Waals surface area contributed by atoms with Crippen molar-refractivity contribution >= 4 is 23.0 Å². The molecule has 108 valence electrons.